The van der Waals surface area contributed by atoms with Gasteiger partial charge in [-0.1, -0.05) is 105 Å². The summed E-state index contributed by atoms with van der Waals surface area (Å²) in [6.45, 7) is 9.19. The third-order valence-corrected chi connectivity index (χ3v) is 12.6. The molecule has 0 bridgehead atoms. The molecule has 0 atom stereocenters. The Morgan fingerprint density at radius 1 is 0.459 bits per heavy atom. The van der Waals surface area contributed by atoms with Crippen molar-refractivity contribution >= 4 is 26.5 Å². The van der Waals surface area contributed by atoms with E-state index >= 15 is 0 Å². The summed E-state index contributed by atoms with van der Waals surface area (Å²) in [7, 11) is 0.296. The fourth-order valence-corrected chi connectivity index (χ4v) is 9.90. The molecule has 210 valence electrons. The van der Waals surface area contributed by atoms with E-state index in [1.54, 1.807) is 10.6 Å². The fourth-order valence-electron chi connectivity index (χ4n) is 4.81. The Hall–Kier alpha value is 0.443. The zero-order chi connectivity index (χ0) is 26.1. The van der Waals surface area contributed by atoms with Gasteiger partial charge >= 0.3 is 26.2 Å². The Labute approximate surface area is 254 Å². The topological polar surface area (TPSA) is 0 Å². The average molecular weight is 622 g/mol. The van der Waals surface area contributed by atoms with E-state index in [1.807, 2.05) is 0 Å². The zero-order valence-corrected chi connectivity index (χ0v) is 29.4. The number of hydrogen-bond acceptors (Lipinski definition) is 0. The van der Waals surface area contributed by atoms with Gasteiger partial charge in [0.15, 0.2) is 0 Å². The van der Waals surface area contributed by atoms with Crippen LogP contribution in [-0.4, -0.2) is 24.6 Å². The molecule has 0 aliphatic carbocycles. The minimum absolute atomic E-state index is 0. The predicted molar refractivity (Wildman–Crippen MR) is 173 cm³/mol. The second-order valence-electron chi connectivity index (χ2n) is 10.5. The Morgan fingerprint density at radius 3 is 0.973 bits per heavy atom. The first-order chi connectivity index (χ1) is 17.8. The SMILES string of the molecule is CCCCCCP(CCCCCC)c1ccc[cH-]1.CCCCCCP(CCCCCC)c1ccc[cH-]1.[Zr+2]. The van der Waals surface area contributed by atoms with Crippen LogP contribution >= 0.6 is 15.8 Å². The van der Waals surface area contributed by atoms with E-state index in [0.29, 0.717) is 0 Å². The van der Waals surface area contributed by atoms with Crippen molar-refractivity contribution in [3.63, 3.8) is 0 Å². The van der Waals surface area contributed by atoms with Crippen LogP contribution in [0.3, 0.4) is 0 Å². The maximum atomic E-state index is 2.35. The summed E-state index contributed by atoms with van der Waals surface area (Å²) >= 11 is 0. The molecule has 0 nitrogen and oxygen atoms in total. The molecule has 2 aromatic rings. The first kappa shape index (κ1) is 37.4. The van der Waals surface area contributed by atoms with Crippen LogP contribution in [0.25, 0.3) is 0 Å². The van der Waals surface area contributed by atoms with Crippen molar-refractivity contribution in [2.24, 2.45) is 0 Å². The molecule has 0 heterocycles. The zero-order valence-electron chi connectivity index (χ0n) is 25.2. The van der Waals surface area contributed by atoms with E-state index in [4.69, 9.17) is 0 Å². The van der Waals surface area contributed by atoms with E-state index in [1.165, 1.54) is 127 Å². The normalized spacial score (nSPS) is 11.0. The molecule has 0 fully saturated rings. The molecule has 3 heteroatoms. The van der Waals surface area contributed by atoms with Gasteiger partial charge in [-0.15, -0.1) is 26.5 Å². The number of rotatable bonds is 22. The van der Waals surface area contributed by atoms with Crippen LogP contribution in [0, 0.1) is 0 Å². The predicted octanol–water partition coefficient (Wildman–Crippen LogP) is 11.3. The molecular formula is C34H60P2Zr. The Kier molecular flexibility index (Phi) is 28.3. The average Bonchev–Trinajstić information content (AvgIpc) is 3.62. The molecule has 0 N–H and O–H groups in total. The van der Waals surface area contributed by atoms with Gasteiger partial charge in [0, 0.05) is 0 Å². The summed E-state index contributed by atoms with van der Waals surface area (Å²) in [5, 5.41) is 3.30. The Balaban J connectivity index is 0.000000682. The maximum absolute atomic E-state index is 2.35. The molecule has 37 heavy (non-hydrogen) atoms. The van der Waals surface area contributed by atoms with Crippen LogP contribution in [0.5, 0.6) is 0 Å². The van der Waals surface area contributed by atoms with E-state index in [9.17, 15) is 0 Å². The maximum Gasteiger partial charge on any atom is 2.00 e. The summed E-state index contributed by atoms with van der Waals surface area (Å²) in [5.74, 6) is 0. The smallest absolute Gasteiger partial charge is 0.213 e. The molecular weight excluding hydrogens is 562 g/mol. The molecule has 0 unspecified atom stereocenters. The van der Waals surface area contributed by atoms with Crippen molar-refractivity contribution in [3.05, 3.63) is 48.5 Å². The summed E-state index contributed by atoms with van der Waals surface area (Å²) in [4.78, 5) is 0. The minimum Gasteiger partial charge on any atom is -0.213 e. The second-order valence-corrected chi connectivity index (χ2v) is 15.5. The van der Waals surface area contributed by atoms with Crippen molar-refractivity contribution in [1.29, 1.82) is 0 Å². The first-order valence-corrected chi connectivity index (χ1v) is 19.1. The summed E-state index contributed by atoms with van der Waals surface area (Å²) in [5.41, 5.74) is 0. The van der Waals surface area contributed by atoms with E-state index in [2.05, 4.69) is 76.2 Å². The second kappa shape index (κ2) is 28.0. The van der Waals surface area contributed by atoms with Crippen molar-refractivity contribution in [3.8, 4) is 0 Å². The van der Waals surface area contributed by atoms with Crippen LogP contribution in [0.15, 0.2) is 48.5 Å². The van der Waals surface area contributed by atoms with Crippen molar-refractivity contribution < 1.29 is 26.2 Å². The van der Waals surface area contributed by atoms with Gasteiger partial charge in [0.1, 0.15) is 0 Å². The summed E-state index contributed by atoms with van der Waals surface area (Å²) < 4.78 is 0. The monoisotopic (exact) mass is 620 g/mol. The molecule has 2 aromatic carbocycles. The van der Waals surface area contributed by atoms with Crippen molar-refractivity contribution in [2.75, 3.05) is 24.6 Å². The molecule has 0 spiro atoms. The van der Waals surface area contributed by atoms with E-state index in [-0.39, 0.29) is 42.0 Å². The standard InChI is InChI=1S/2C17H30P.Zr/c2*1-3-5-7-11-15-18(16-12-8-6-4-2)17-13-9-10-14-17;/h2*9-10,13-14H,3-8,11-12,15-16H2,1-2H3;/q2*-1;+2. The van der Waals surface area contributed by atoms with Gasteiger partial charge in [-0.3, -0.25) is 0 Å². The third-order valence-electron chi connectivity index (χ3n) is 7.15. The number of unbranched alkanes of at least 4 members (excludes halogenated alkanes) is 12. The van der Waals surface area contributed by atoms with Gasteiger partial charge in [-0.05, 0) is 50.3 Å². The number of hydrogen-bond donors (Lipinski definition) is 0. The van der Waals surface area contributed by atoms with Gasteiger partial charge in [-0.2, -0.15) is 24.3 Å². The van der Waals surface area contributed by atoms with Crippen LogP contribution in [0.1, 0.15) is 130 Å². The summed E-state index contributed by atoms with van der Waals surface area (Å²) in [6.07, 6.45) is 28.4. The fraction of sp³-hybridized carbons (Fsp3) is 0.706. The molecule has 0 saturated heterocycles. The van der Waals surface area contributed by atoms with Gasteiger partial charge in [0.25, 0.3) is 0 Å². The van der Waals surface area contributed by atoms with Crippen LogP contribution < -0.4 is 10.6 Å². The Bertz CT molecular complexity index is 567. The molecule has 2 rings (SSSR count). The molecule has 0 aliphatic heterocycles. The minimum atomic E-state index is 0. The molecule has 0 amide bonds. The molecule has 0 radical (unpaired) electrons. The molecule has 0 aromatic heterocycles. The van der Waals surface area contributed by atoms with Gasteiger partial charge in [-0.25, -0.2) is 24.3 Å². The third kappa shape index (κ3) is 20.0. The van der Waals surface area contributed by atoms with Gasteiger partial charge < -0.3 is 0 Å². The molecule has 0 saturated carbocycles. The van der Waals surface area contributed by atoms with Crippen LogP contribution in [0.2, 0.25) is 0 Å². The first-order valence-electron chi connectivity index (χ1n) is 15.7. The van der Waals surface area contributed by atoms with E-state index < -0.39 is 0 Å². The largest absolute Gasteiger partial charge is 2.00 e. The van der Waals surface area contributed by atoms with E-state index in [0.717, 1.165) is 0 Å². The van der Waals surface area contributed by atoms with Gasteiger partial charge in [0.2, 0.25) is 0 Å². The van der Waals surface area contributed by atoms with Crippen molar-refractivity contribution in [1.82, 2.24) is 0 Å². The van der Waals surface area contributed by atoms with Crippen LogP contribution in [0.4, 0.5) is 0 Å². The Morgan fingerprint density at radius 2 is 0.757 bits per heavy atom. The quantitative estimate of drug-likeness (QED) is 0.0697. The summed E-state index contributed by atoms with van der Waals surface area (Å²) in [6, 6.07) is 18.3. The molecule has 0 aliphatic rings. The van der Waals surface area contributed by atoms with Crippen LogP contribution in [-0.2, 0) is 26.2 Å². The van der Waals surface area contributed by atoms with Gasteiger partial charge in [0.05, 0.1) is 0 Å². The van der Waals surface area contributed by atoms with Crippen molar-refractivity contribution in [2.45, 2.75) is 130 Å².